The second kappa shape index (κ2) is 6.73. The molecule has 3 aromatic carbocycles. The predicted octanol–water partition coefficient (Wildman–Crippen LogP) is 5.96. The number of carbonyl (C=O) groups excluding carboxylic acids is 1. The lowest BCUT2D eigenvalue weighted by atomic mass is 9.94. The first-order chi connectivity index (χ1) is 13.4. The lowest BCUT2D eigenvalue weighted by Crippen LogP contribution is -2.11. The minimum atomic E-state index is -4.48. The number of alkyl halides is 3. The molecule has 0 aliphatic heterocycles. The first kappa shape index (κ1) is 18.1. The van der Waals surface area contributed by atoms with Crippen molar-refractivity contribution in [3.05, 3.63) is 76.8 Å². The Kier molecular flexibility index (Phi) is 4.36. The van der Waals surface area contributed by atoms with Gasteiger partial charge in [-0.25, -0.2) is 4.98 Å². The van der Waals surface area contributed by atoms with E-state index < -0.39 is 23.4 Å². The molecular formula is C21H11F3N2OS. The maximum atomic E-state index is 13.1. The number of hydrogen-bond acceptors (Lipinski definition) is 4. The number of halogens is 3. The Labute approximate surface area is 161 Å². The van der Waals surface area contributed by atoms with Crippen molar-refractivity contribution in [2.24, 2.45) is 0 Å². The fourth-order valence-corrected chi connectivity index (χ4v) is 4.06. The van der Waals surface area contributed by atoms with Crippen LogP contribution in [0.1, 0.15) is 26.8 Å². The van der Waals surface area contributed by atoms with E-state index in [4.69, 9.17) is 0 Å². The second-order valence-corrected chi connectivity index (χ2v) is 7.25. The van der Waals surface area contributed by atoms with E-state index in [2.05, 4.69) is 4.98 Å². The highest BCUT2D eigenvalue weighted by Crippen LogP contribution is 2.35. The third-order valence-electron chi connectivity index (χ3n) is 4.42. The highest BCUT2D eigenvalue weighted by atomic mass is 32.1. The third kappa shape index (κ3) is 3.12. The van der Waals surface area contributed by atoms with E-state index in [-0.39, 0.29) is 10.5 Å². The Morgan fingerprint density at radius 1 is 1.07 bits per heavy atom. The van der Waals surface area contributed by atoms with Gasteiger partial charge in [0.15, 0.2) is 11.7 Å². The van der Waals surface area contributed by atoms with Crippen molar-refractivity contribution in [1.82, 2.24) is 4.98 Å². The molecule has 0 amide bonds. The molecule has 0 N–H and O–H groups in total. The van der Waals surface area contributed by atoms with Gasteiger partial charge in [0, 0.05) is 5.56 Å². The summed E-state index contributed by atoms with van der Waals surface area (Å²) < 4.78 is 39.2. The molecule has 0 aliphatic carbocycles. The zero-order chi connectivity index (χ0) is 19.9. The number of benzene rings is 3. The van der Waals surface area contributed by atoms with Gasteiger partial charge in [0.25, 0.3) is 0 Å². The number of ketones is 1. The Hall–Kier alpha value is -3.24. The first-order valence-electron chi connectivity index (χ1n) is 8.28. The molecule has 0 aliphatic rings. The van der Waals surface area contributed by atoms with Crippen LogP contribution in [0.2, 0.25) is 0 Å². The van der Waals surface area contributed by atoms with Crippen LogP contribution in [0.3, 0.4) is 0 Å². The van der Waals surface area contributed by atoms with Crippen molar-refractivity contribution < 1.29 is 18.0 Å². The van der Waals surface area contributed by atoms with Crippen molar-refractivity contribution in [2.45, 2.75) is 12.1 Å². The molecule has 3 nitrogen and oxygen atoms in total. The van der Waals surface area contributed by atoms with E-state index in [9.17, 15) is 23.2 Å². The van der Waals surface area contributed by atoms with Crippen molar-refractivity contribution >= 4 is 38.1 Å². The molecule has 0 unspecified atom stereocenters. The molecule has 4 rings (SSSR count). The van der Waals surface area contributed by atoms with Crippen molar-refractivity contribution in [3.8, 4) is 6.07 Å². The van der Waals surface area contributed by atoms with Gasteiger partial charge in [-0.3, -0.25) is 4.79 Å². The number of rotatable bonds is 3. The SMILES string of the molecule is N#C[C@H](C(=O)c1cccc2ccccc12)c1nc2cc(C(F)(F)F)ccc2s1. The van der Waals surface area contributed by atoms with Crippen LogP contribution in [0.5, 0.6) is 0 Å². The average Bonchev–Trinajstić information content (AvgIpc) is 3.10. The van der Waals surface area contributed by atoms with Crippen LogP contribution < -0.4 is 0 Å². The Bertz CT molecular complexity index is 1250. The lowest BCUT2D eigenvalue weighted by Gasteiger charge is -2.08. The summed E-state index contributed by atoms with van der Waals surface area (Å²) in [4.78, 5) is 17.2. The largest absolute Gasteiger partial charge is 0.416 e. The standard InChI is InChI=1S/C21H11F3N2OS/c22-21(23,24)13-8-9-18-17(10-13)26-20(28-18)16(11-25)19(27)15-7-3-5-12-4-1-2-6-14(12)15/h1-10,16H/t16-/m1/s1. The number of nitriles is 1. The summed E-state index contributed by atoms with van der Waals surface area (Å²) in [6, 6.07) is 17.7. The Morgan fingerprint density at radius 2 is 1.82 bits per heavy atom. The highest BCUT2D eigenvalue weighted by Gasteiger charge is 2.32. The van der Waals surface area contributed by atoms with Gasteiger partial charge in [-0.1, -0.05) is 42.5 Å². The quantitative estimate of drug-likeness (QED) is 0.402. The summed E-state index contributed by atoms with van der Waals surface area (Å²) in [7, 11) is 0. The topological polar surface area (TPSA) is 53.8 Å². The average molecular weight is 396 g/mol. The molecule has 0 bridgehead atoms. The van der Waals surface area contributed by atoms with Crippen molar-refractivity contribution in [2.75, 3.05) is 0 Å². The Balaban J connectivity index is 1.78. The Morgan fingerprint density at radius 3 is 2.57 bits per heavy atom. The number of aromatic nitrogens is 1. The van der Waals surface area contributed by atoms with E-state index in [0.717, 1.165) is 34.2 Å². The van der Waals surface area contributed by atoms with Gasteiger partial charge in [-0.2, -0.15) is 18.4 Å². The molecular weight excluding hydrogens is 385 g/mol. The van der Waals surface area contributed by atoms with Crippen LogP contribution in [0.4, 0.5) is 13.2 Å². The van der Waals surface area contributed by atoms with E-state index in [0.29, 0.717) is 10.3 Å². The summed E-state index contributed by atoms with van der Waals surface area (Å²) in [5.74, 6) is -1.60. The number of thiazole rings is 1. The van der Waals surface area contributed by atoms with Crippen LogP contribution >= 0.6 is 11.3 Å². The van der Waals surface area contributed by atoms with Crippen LogP contribution in [0.15, 0.2) is 60.7 Å². The van der Waals surface area contributed by atoms with Crippen LogP contribution in [0, 0.1) is 11.3 Å². The summed E-state index contributed by atoms with van der Waals surface area (Å²) in [5.41, 5.74) is -0.300. The summed E-state index contributed by atoms with van der Waals surface area (Å²) in [6.07, 6.45) is -4.48. The zero-order valence-electron chi connectivity index (χ0n) is 14.2. The molecule has 1 heterocycles. The number of fused-ring (bicyclic) bond motifs is 2. The van der Waals surface area contributed by atoms with E-state index >= 15 is 0 Å². The number of carbonyl (C=O) groups is 1. The third-order valence-corrected chi connectivity index (χ3v) is 5.53. The molecule has 4 aromatic rings. The van der Waals surface area contributed by atoms with E-state index in [1.807, 2.05) is 24.3 Å². The molecule has 138 valence electrons. The maximum Gasteiger partial charge on any atom is 0.416 e. The summed E-state index contributed by atoms with van der Waals surface area (Å²) in [5, 5.41) is 11.4. The molecule has 0 saturated carbocycles. The molecule has 7 heteroatoms. The molecule has 0 fully saturated rings. The van der Waals surface area contributed by atoms with Crippen molar-refractivity contribution in [1.29, 1.82) is 5.26 Å². The molecule has 1 atom stereocenters. The van der Waals surface area contributed by atoms with Crippen LogP contribution in [0.25, 0.3) is 21.0 Å². The smallest absolute Gasteiger partial charge is 0.292 e. The monoisotopic (exact) mass is 396 g/mol. The van der Waals surface area contributed by atoms with E-state index in [1.165, 1.54) is 6.07 Å². The van der Waals surface area contributed by atoms with Gasteiger partial charge in [-0.15, -0.1) is 11.3 Å². The fourth-order valence-electron chi connectivity index (χ4n) is 3.07. The van der Waals surface area contributed by atoms with Gasteiger partial charge in [0.05, 0.1) is 21.8 Å². The maximum absolute atomic E-state index is 13.1. The number of Topliss-reactive ketones (excluding diaryl/α,β-unsaturated/α-hetero) is 1. The van der Waals surface area contributed by atoms with Gasteiger partial charge in [-0.05, 0) is 29.0 Å². The lowest BCUT2D eigenvalue weighted by molar-refractivity contribution is -0.137. The van der Waals surface area contributed by atoms with Gasteiger partial charge in [0.2, 0.25) is 0 Å². The normalized spacial score (nSPS) is 12.8. The molecule has 0 saturated heterocycles. The minimum absolute atomic E-state index is 0.126. The second-order valence-electron chi connectivity index (χ2n) is 6.19. The molecule has 0 spiro atoms. The fraction of sp³-hybridized carbons (Fsp3) is 0.0952. The highest BCUT2D eigenvalue weighted by molar-refractivity contribution is 7.18. The molecule has 28 heavy (non-hydrogen) atoms. The van der Waals surface area contributed by atoms with Crippen LogP contribution in [-0.4, -0.2) is 10.8 Å². The van der Waals surface area contributed by atoms with E-state index in [1.54, 1.807) is 24.3 Å². The number of nitrogens with zero attached hydrogens (tertiary/aromatic N) is 2. The molecule has 0 radical (unpaired) electrons. The zero-order valence-corrected chi connectivity index (χ0v) is 15.0. The molecule has 1 aromatic heterocycles. The summed E-state index contributed by atoms with van der Waals surface area (Å²) >= 11 is 1.06. The summed E-state index contributed by atoms with van der Waals surface area (Å²) in [6.45, 7) is 0. The first-order valence-corrected chi connectivity index (χ1v) is 9.09. The van der Waals surface area contributed by atoms with Gasteiger partial charge < -0.3 is 0 Å². The number of hydrogen-bond donors (Lipinski definition) is 0. The van der Waals surface area contributed by atoms with Gasteiger partial charge >= 0.3 is 6.18 Å². The van der Waals surface area contributed by atoms with Gasteiger partial charge in [0.1, 0.15) is 5.01 Å². The van der Waals surface area contributed by atoms with Crippen LogP contribution in [-0.2, 0) is 6.18 Å². The predicted molar refractivity (Wildman–Crippen MR) is 101 cm³/mol. The van der Waals surface area contributed by atoms with Crippen molar-refractivity contribution in [3.63, 3.8) is 0 Å². The minimum Gasteiger partial charge on any atom is -0.292 e.